The van der Waals surface area contributed by atoms with E-state index in [0.29, 0.717) is 44.0 Å². The number of nitro benzene ring substituents is 1. The van der Waals surface area contributed by atoms with Crippen LogP contribution in [0.4, 0.5) is 17.3 Å². The number of benzene rings is 2. The molecule has 3 aromatic rings. The molecule has 39 heavy (non-hydrogen) atoms. The Balaban J connectivity index is 1.49. The molecular formula is C28H31N5O6. The summed E-state index contributed by atoms with van der Waals surface area (Å²) >= 11 is 0. The van der Waals surface area contributed by atoms with Gasteiger partial charge in [-0.05, 0) is 61.6 Å². The van der Waals surface area contributed by atoms with E-state index in [2.05, 4.69) is 20.6 Å². The van der Waals surface area contributed by atoms with Gasteiger partial charge < -0.3 is 24.8 Å². The van der Waals surface area contributed by atoms with Gasteiger partial charge in [0.25, 0.3) is 11.6 Å². The molecule has 0 aliphatic carbocycles. The Morgan fingerprint density at radius 1 is 1.10 bits per heavy atom. The Hall–Kier alpha value is -4.09. The van der Waals surface area contributed by atoms with Crippen molar-refractivity contribution in [3.8, 4) is 17.0 Å². The zero-order chi connectivity index (χ0) is 27.2. The van der Waals surface area contributed by atoms with Crippen molar-refractivity contribution in [3.63, 3.8) is 0 Å². The number of nitrogens with zero attached hydrogens (tertiary/aromatic N) is 3. The third-order valence-electron chi connectivity index (χ3n) is 6.70. The molecule has 1 fully saturated rings. The van der Waals surface area contributed by atoms with Crippen LogP contribution < -0.4 is 15.4 Å². The molecular weight excluding hydrogens is 502 g/mol. The molecule has 1 amide bonds. The first-order chi connectivity index (χ1) is 19.0. The molecule has 6 rings (SSSR count). The van der Waals surface area contributed by atoms with Gasteiger partial charge in [-0.1, -0.05) is 6.92 Å². The number of carbonyl (C=O) groups excluding carboxylic acids is 1. The smallest absolute Gasteiger partial charge is 0.279 e. The fourth-order valence-corrected chi connectivity index (χ4v) is 4.59. The normalized spacial score (nSPS) is 20.1. The van der Waals surface area contributed by atoms with E-state index in [1.165, 1.54) is 12.3 Å². The van der Waals surface area contributed by atoms with Gasteiger partial charge in [0.15, 0.2) is 0 Å². The van der Waals surface area contributed by atoms with Crippen LogP contribution in [0.5, 0.6) is 5.75 Å². The second kappa shape index (κ2) is 12.2. The van der Waals surface area contributed by atoms with E-state index in [1.54, 1.807) is 18.2 Å². The van der Waals surface area contributed by atoms with E-state index >= 15 is 0 Å². The van der Waals surface area contributed by atoms with Gasteiger partial charge in [-0.3, -0.25) is 14.9 Å². The number of nitrogens with one attached hydrogen (secondary N) is 2. The highest BCUT2D eigenvalue weighted by atomic mass is 16.6. The minimum absolute atomic E-state index is 0.0182. The van der Waals surface area contributed by atoms with E-state index in [0.717, 1.165) is 36.4 Å². The predicted molar refractivity (Wildman–Crippen MR) is 144 cm³/mol. The van der Waals surface area contributed by atoms with Crippen molar-refractivity contribution in [2.45, 2.75) is 38.9 Å². The summed E-state index contributed by atoms with van der Waals surface area (Å²) < 4.78 is 17.9. The van der Waals surface area contributed by atoms with Gasteiger partial charge in [0.1, 0.15) is 11.9 Å². The second-order valence-electron chi connectivity index (χ2n) is 9.82. The van der Waals surface area contributed by atoms with Crippen LogP contribution in [0.25, 0.3) is 11.3 Å². The number of fused-ring (bicyclic) bond motifs is 9. The molecule has 204 valence electrons. The number of anilines is 2. The lowest BCUT2D eigenvalue weighted by atomic mass is 10.1. The van der Waals surface area contributed by atoms with Crippen molar-refractivity contribution >= 4 is 23.2 Å². The number of amides is 1. The summed E-state index contributed by atoms with van der Waals surface area (Å²) in [5.41, 5.74) is 2.25. The zero-order valence-corrected chi connectivity index (χ0v) is 21.7. The molecule has 4 heterocycles. The lowest BCUT2D eigenvalue weighted by Gasteiger charge is -2.25. The lowest BCUT2D eigenvalue weighted by molar-refractivity contribution is -0.384. The molecule has 2 unspecified atom stereocenters. The van der Waals surface area contributed by atoms with Crippen molar-refractivity contribution in [2.75, 3.05) is 31.7 Å². The molecule has 6 bridgehead atoms. The molecule has 11 nitrogen and oxygen atoms in total. The van der Waals surface area contributed by atoms with E-state index in [1.807, 2.05) is 25.1 Å². The molecule has 2 atom stereocenters. The van der Waals surface area contributed by atoms with Crippen molar-refractivity contribution < 1.29 is 23.9 Å². The summed E-state index contributed by atoms with van der Waals surface area (Å²) in [5.74, 6) is 0.810. The van der Waals surface area contributed by atoms with E-state index in [4.69, 9.17) is 14.2 Å². The van der Waals surface area contributed by atoms with Gasteiger partial charge in [0.05, 0.1) is 29.4 Å². The highest BCUT2D eigenvalue weighted by molar-refractivity contribution is 5.96. The Kier molecular flexibility index (Phi) is 8.28. The van der Waals surface area contributed by atoms with Crippen LogP contribution in [0.3, 0.4) is 0 Å². The lowest BCUT2D eigenvalue weighted by Crippen LogP contribution is -2.28. The summed E-state index contributed by atoms with van der Waals surface area (Å²) in [6.45, 7) is 4.60. The quantitative estimate of drug-likeness (QED) is 0.364. The Bertz CT molecular complexity index is 1340. The van der Waals surface area contributed by atoms with Gasteiger partial charge in [0.2, 0.25) is 5.95 Å². The summed E-state index contributed by atoms with van der Waals surface area (Å²) in [6.07, 6.45) is 4.09. The third kappa shape index (κ3) is 6.68. The minimum atomic E-state index is -0.508. The zero-order valence-electron chi connectivity index (χ0n) is 21.7. The molecule has 3 aliphatic heterocycles. The fraction of sp³-hybridized carbons (Fsp3) is 0.393. The molecule has 0 saturated carbocycles. The molecule has 1 aromatic heterocycles. The molecule has 2 aromatic carbocycles. The average Bonchev–Trinajstić information content (AvgIpc) is 2.94. The summed E-state index contributed by atoms with van der Waals surface area (Å²) in [4.78, 5) is 32.9. The molecule has 0 spiro atoms. The number of ether oxygens (including phenoxy) is 3. The van der Waals surface area contributed by atoms with Gasteiger partial charge in [0, 0.05) is 48.8 Å². The van der Waals surface area contributed by atoms with Crippen LogP contribution in [0, 0.1) is 16.0 Å². The number of carbonyl (C=O) groups is 1. The van der Waals surface area contributed by atoms with Crippen LogP contribution >= 0.6 is 0 Å². The Labute approximate surface area is 226 Å². The first-order valence-corrected chi connectivity index (χ1v) is 13.1. The predicted octanol–water partition coefficient (Wildman–Crippen LogP) is 4.64. The van der Waals surface area contributed by atoms with Crippen molar-refractivity contribution in [1.82, 2.24) is 15.3 Å². The number of nitro groups is 1. The summed E-state index contributed by atoms with van der Waals surface area (Å²) in [6, 6.07) is 11.7. The van der Waals surface area contributed by atoms with Crippen LogP contribution in [0.1, 0.15) is 42.1 Å². The Morgan fingerprint density at radius 3 is 2.82 bits per heavy atom. The van der Waals surface area contributed by atoms with Crippen molar-refractivity contribution in [3.05, 3.63) is 69.9 Å². The average molecular weight is 534 g/mol. The van der Waals surface area contributed by atoms with E-state index in [9.17, 15) is 14.9 Å². The largest absolute Gasteiger partial charge is 0.488 e. The Morgan fingerprint density at radius 2 is 2.00 bits per heavy atom. The fourth-order valence-electron chi connectivity index (χ4n) is 4.59. The molecule has 2 N–H and O–H groups in total. The molecule has 11 heteroatoms. The number of hydrogen-bond acceptors (Lipinski definition) is 9. The first-order valence-electron chi connectivity index (χ1n) is 13.1. The van der Waals surface area contributed by atoms with E-state index < -0.39 is 4.92 Å². The van der Waals surface area contributed by atoms with Crippen LogP contribution in [0.15, 0.2) is 48.7 Å². The van der Waals surface area contributed by atoms with E-state index in [-0.39, 0.29) is 35.1 Å². The maximum absolute atomic E-state index is 12.7. The molecule has 3 aliphatic rings. The van der Waals surface area contributed by atoms with Crippen molar-refractivity contribution in [1.29, 1.82) is 0 Å². The number of hydrogen-bond donors (Lipinski definition) is 2. The maximum atomic E-state index is 12.7. The van der Waals surface area contributed by atoms with Gasteiger partial charge >= 0.3 is 0 Å². The SMILES string of the molecule is CC1CCNC(=O)c2ccc(c([N+](=O)[O-])c2)-c2ccnc(n2)Nc2ccc(OC3CCCOC3)c(c2)COC1. The molecule has 1 saturated heterocycles. The standard InChI is InChI=1S/C28H31N5O6/c1-18-8-10-29-27(34)19-4-6-23(25(14-19)33(35)36)24-9-11-30-28(32-24)31-21-5-7-26(20(13-21)16-38-15-18)39-22-3-2-12-37-17-22/h4-7,9,11,13-14,18,22H,2-3,8,10,12,15-17H2,1H3,(H,29,34)(H,30,31,32). The molecule has 0 radical (unpaired) electrons. The summed E-state index contributed by atoms with van der Waals surface area (Å²) in [5, 5.41) is 17.9. The number of rotatable bonds is 3. The second-order valence-corrected chi connectivity index (χ2v) is 9.82. The number of aromatic nitrogens is 2. The van der Waals surface area contributed by atoms with Crippen LogP contribution in [-0.2, 0) is 16.1 Å². The maximum Gasteiger partial charge on any atom is 0.279 e. The summed E-state index contributed by atoms with van der Waals surface area (Å²) in [7, 11) is 0. The van der Waals surface area contributed by atoms with Gasteiger partial charge in [-0.25, -0.2) is 9.97 Å². The third-order valence-corrected chi connectivity index (χ3v) is 6.70. The first kappa shape index (κ1) is 26.5. The monoisotopic (exact) mass is 533 g/mol. The highest BCUT2D eigenvalue weighted by Crippen LogP contribution is 2.31. The van der Waals surface area contributed by atoms with Crippen LogP contribution in [0.2, 0.25) is 0 Å². The minimum Gasteiger partial charge on any atom is -0.488 e. The van der Waals surface area contributed by atoms with Gasteiger partial charge in [-0.2, -0.15) is 0 Å². The highest BCUT2D eigenvalue weighted by Gasteiger charge is 2.21. The topological polar surface area (TPSA) is 138 Å². The van der Waals surface area contributed by atoms with Gasteiger partial charge in [-0.15, -0.1) is 0 Å². The van der Waals surface area contributed by atoms with Crippen LogP contribution in [-0.4, -0.2) is 53.3 Å². The van der Waals surface area contributed by atoms with Crippen molar-refractivity contribution in [2.24, 2.45) is 5.92 Å².